The van der Waals surface area contributed by atoms with Gasteiger partial charge in [0.2, 0.25) is 0 Å². The van der Waals surface area contributed by atoms with Crippen LogP contribution >= 0.6 is 31.9 Å². The van der Waals surface area contributed by atoms with Crippen LogP contribution in [0.5, 0.6) is 0 Å². The molecule has 0 aromatic heterocycles. The molecule has 8 heteroatoms. The van der Waals surface area contributed by atoms with Gasteiger partial charge in [0.25, 0.3) is 0 Å². The van der Waals surface area contributed by atoms with Crippen LogP contribution in [-0.2, 0) is 0 Å². The van der Waals surface area contributed by atoms with Crippen molar-refractivity contribution in [1.82, 2.24) is 0 Å². The molecule has 9 aromatic rings. The van der Waals surface area contributed by atoms with Gasteiger partial charge in [-0.3, -0.25) is 0 Å². The summed E-state index contributed by atoms with van der Waals surface area (Å²) in [6.07, 6.45) is 15.6. The van der Waals surface area contributed by atoms with Crippen molar-refractivity contribution in [2.75, 3.05) is 22.9 Å². The number of nitrogens with two attached hydrogens (primary N) is 4. The molecule has 0 spiro atoms. The predicted molar refractivity (Wildman–Crippen MR) is 371 cm³/mol. The SMILES string of the molecule is C#Cc1cc(C#C)cc(C#C)c1.Cc1cc(C)cc(C#Cc2ccc(C#Cc3cc(C#Cc4ccc(C#Cc5cc(C)cc(C)c5)cc4N)cc(C#Cc4ccc(C#Cc5cc(C)cc(C)c5)cc4N)c3)c(N)c2)c1.Nc1cc(Br)ccc1Br.[B][B]. The van der Waals surface area contributed by atoms with Gasteiger partial charge in [-0.25, -0.2) is 0 Å². The van der Waals surface area contributed by atoms with Gasteiger partial charge in [-0.1, -0.05) is 123 Å². The van der Waals surface area contributed by atoms with Gasteiger partial charge < -0.3 is 22.9 Å². The van der Waals surface area contributed by atoms with Crippen molar-refractivity contribution < 1.29 is 0 Å². The first-order valence-electron chi connectivity index (χ1n) is 26.6. The average Bonchev–Trinajstić information content (AvgIpc) is 3.69. The van der Waals surface area contributed by atoms with E-state index in [0.717, 1.165) is 81.4 Å². The molecule has 0 aliphatic rings. The Morgan fingerprint density at radius 2 is 0.512 bits per heavy atom. The van der Waals surface area contributed by atoms with Crippen LogP contribution in [0.25, 0.3) is 0 Å². The summed E-state index contributed by atoms with van der Waals surface area (Å²) in [5, 5.41) is 0. The third kappa shape index (κ3) is 20.3. The van der Waals surface area contributed by atoms with Gasteiger partial charge in [0.1, 0.15) is 0 Å². The molecule has 0 aliphatic carbocycles. The van der Waals surface area contributed by atoms with Gasteiger partial charge in [-0.05, 0) is 236 Å². The molecule has 0 aliphatic heterocycles. The number of rotatable bonds is 0. The van der Waals surface area contributed by atoms with Crippen LogP contribution in [0.3, 0.4) is 0 Å². The number of anilines is 4. The van der Waals surface area contributed by atoms with Gasteiger partial charge in [0.15, 0.2) is 0 Å². The summed E-state index contributed by atoms with van der Waals surface area (Å²) in [7, 11) is 8.00. The van der Waals surface area contributed by atoms with Crippen molar-refractivity contribution in [3.63, 3.8) is 0 Å². The Kier molecular flexibility index (Phi) is 23.7. The van der Waals surface area contributed by atoms with E-state index in [1.165, 1.54) is 33.4 Å². The van der Waals surface area contributed by atoms with Crippen molar-refractivity contribution >= 4 is 70.1 Å². The molecule has 0 saturated heterocycles. The summed E-state index contributed by atoms with van der Waals surface area (Å²) in [5.74, 6) is 46.6. The van der Waals surface area contributed by atoms with E-state index in [9.17, 15) is 0 Å². The first-order valence-corrected chi connectivity index (χ1v) is 28.2. The van der Waals surface area contributed by atoms with Crippen LogP contribution < -0.4 is 22.9 Å². The minimum Gasteiger partial charge on any atom is -0.398 e. The Labute approximate surface area is 528 Å². The normalized spacial score (nSPS) is 9.31. The Bertz CT molecular complexity index is 4100. The highest BCUT2D eigenvalue weighted by atomic mass is 79.9. The zero-order chi connectivity index (χ0) is 62.3. The highest BCUT2D eigenvalue weighted by molar-refractivity contribution is 9.11. The summed E-state index contributed by atoms with van der Waals surface area (Å²) in [6, 6.07) is 52.6. The van der Waals surface area contributed by atoms with E-state index in [1.54, 1.807) is 18.2 Å². The van der Waals surface area contributed by atoms with Crippen LogP contribution in [0.15, 0.2) is 173 Å². The molecular weight excluding hydrogens is 1170 g/mol. The lowest BCUT2D eigenvalue weighted by molar-refractivity contribution is 1.37. The number of hydrogen-bond donors (Lipinski definition) is 4. The molecule has 0 saturated carbocycles. The molecule has 0 unspecified atom stereocenters. The molecule has 4 nitrogen and oxygen atoms in total. The van der Waals surface area contributed by atoms with E-state index >= 15 is 0 Å². The second-order valence-electron chi connectivity index (χ2n) is 19.7. The van der Waals surface area contributed by atoms with Crippen molar-refractivity contribution in [1.29, 1.82) is 0 Å². The van der Waals surface area contributed by atoms with Crippen molar-refractivity contribution in [3.8, 4) is 108 Å². The van der Waals surface area contributed by atoms with Gasteiger partial charge in [0, 0.05) is 131 Å². The van der Waals surface area contributed by atoms with Gasteiger partial charge in [0.05, 0.1) is 0 Å². The fourth-order valence-corrected chi connectivity index (χ4v) is 9.12. The van der Waals surface area contributed by atoms with E-state index in [4.69, 9.17) is 42.2 Å². The Hall–Kier alpha value is -10.7. The van der Waals surface area contributed by atoms with E-state index in [-0.39, 0.29) is 0 Å². The smallest absolute Gasteiger partial charge is 0.0485 e. The molecule has 9 aromatic carbocycles. The van der Waals surface area contributed by atoms with E-state index in [1.807, 2.05) is 91.0 Å². The second kappa shape index (κ2) is 31.7. The number of nitrogen functional groups attached to an aromatic ring is 4. The number of terminal acetylenes is 3. The lowest BCUT2D eigenvalue weighted by Gasteiger charge is -2.02. The largest absolute Gasteiger partial charge is 0.398 e. The fraction of sp³-hybridized carbons (Fsp3) is 0.0769. The Balaban J connectivity index is 0.000000428. The van der Waals surface area contributed by atoms with Crippen LogP contribution in [0.4, 0.5) is 22.7 Å². The molecule has 0 bridgehead atoms. The molecule has 408 valence electrons. The number of benzene rings is 9. The number of hydrogen-bond acceptors (Lipinski definition) is 4. The fourth-order valence-electron chi connectivity index (χ4n) is 8.49. The van der Waals surface area contributed by atoms with Crippen molar-refractivity contribution in [2.24, 2.45) is 0 Å². The topological polar surface area (TPSA) is 104 Å². The van der Waals surface area contributed by atoms with E-state index in [2.05, 4.69) is 232 Å². The molecule has 4 radical (unpaired) electrons. The molecule has 0 heterocycles. The maximum atomic E-state index is 6.50. The molecular formula is C78H56B2Br2N4. The quantitative estimate of drug-likeness (QED) is 0.0690. The highest BCUT2D eigenvalue weighted by Crippen LogP contribution is 2.23. The third-order valence-corrected chi connectivity index (χ3v) is 13.4. The Morgan fingerprint density at radius 3 is 0.756 bits per heavy atom. The van der Waals surface area contributed by atoms with Crippen LogP contribution in [-0.4, -0.2) is 15.5 Å². The summed E-state index contributed by atoms with van der Waals surface area (Å²) >= 11 is 6.58. The minimum atomic E-state index is 0.543. The lowest BCUT2D eigenvalue weighted by atomic mass is 9.81. The second-order valence-corrected chi connectivity index (χ2v) is 21.5. The molecule has 0 amide bonds. The third-order valence-electron chi connectivity index (χ3n) is 12.2. The first-order chi connectivity index (χ1) is 41.3. The molecule has 0 atom stereocenters. The minimum absolute atomic E-state index is 0.543. The van der Waals surface area contributed by atoms with Crippen LogP contribution in [0.1, 0.15) is 117 Å². The first kappa shape index (κ1) is 64.5. The molecule has 86 heavy (non-hydrogen) atoms. The summed E-state index contributed by atoms with van der Waals surface area (Å²) in [4.78, 5) is 0. The zero-order valence-electron chi connectivity index (χ0n) is 48.5. The molecule has 8 N–H and O–H groups in total. The van der Waals surface area contributed by atoms with Gasteiger partial charge in [-0.2, -0.15) is 0 Å². The van der Waals surface area contributed by atoms with Crippen LogP contribution in [0, 0.1) is 150 Å². The lowest BCUT2D eigenvalue weighted by Crippen LogP contribution is -1.92. The summed E-state index contributed by atoms with van der Waals surface area (Å²) in [5.41, 5.74) is 46.2. The standard InChI is InChI=1S/C60H45N3.C12H6.C6H5Br2N.B2/c1-40-25-41(2)29-49(28-40)10-7-46-13-19-55(58(61)37-46)22-16-52-34-53(17-23-56-20-14-47(38-59(56)62)8-11-50-30-42(3)26-43(4)31-50)36-54(35-52)18-24-57-21-15-48(39-60(57)63)9-12-51-32-44(5)27-45(6)33-51;1-4-10-7-11(5-2)9-12(6-3)8-10;7-4-1-2-5(8)6(9)3-4;1-2/h13-15,19-21,25-39H,61-63H2,1-6H3;1-3,7-9H;1-3H,9H2;. The summed E-state index contributed by atoms with van der Waals surface area (Å²) in [6.45, 7) is 12.4. The zero-order valence-corrected chi connectivity index (χ0v) is 51.7. The Morgan fingerprint density at radius 1 is 0.267 bits per heavy atom. The predicted octanol–water partition coefficient (Wildman–Crippen LogP) is 14.3. The maximum absolute atomic E-state index is 6.50. The van der Waals surface area contributed by atoms with Crippen molar-refractivity contribution in [3.05, 3.63) is 290 Å². The molecule has 0 fully saturated rings. The van der Waals surface area contributed by atoms with Crippen molar-refractivity contribution in [2.45, 2.75) is 41.5 Å². The van der Waals surface area contributed by atoms with E-state index in [0.29, 0.717) is 33.8 Å². The monoisotopic (exact) mass is 1230 g/mol. The average molecular weight is 1230 g/mol. The van der Waals surface area contributed by atoms with E-state index < -0.39 is 0 Å². The molecule has 9 rings (SSSR count). The van der Waals surface area contributed by atoms with Gasteiger partial charge in [-0.15, -0.1) is 19.3 Å². The highest BCUT2D eigenvalue weighted by Gasteiger charge is 2.04. The maximum Gasteiger partial charge on any atom is 0.0485 e. The summed E-state index contributed by atoms with van der Waals surface area (Å²) < 4.78 is 1.94. The number of halogens is 2. The number of aryl methyl sites for hydroxylation is 6. The van der Waals surface area contributed by atoms with Gasteiger partial charge >= 0.3 is 0 Å². The van der Waals surface area contributed by atoms with Crippen LogP contribution in [0.2, 0.25) is 0 Å².